The van der Waals surface area contributed by atoms with E-state index in [1.54, 1.807) is 6.07 Å². The Balaban J connectivity index is 2.85. The van der Waals surface area contributed by atoms with Crippen LogP contribution in [0.1, 0.15) is 5.56 Å². The van der Waals surface area contributed by atoms with Crippen molar-refractivity contribution in [1.29, 1.82) is 5.26 Å². The van der Waals surface area contributed by atoms with E-state index in [9.17, 15) is 22.0 Å². The summed E-state index contributed by atoms with van der Waals surface area (Å²) < 4.78 is 60.7. The molecular formula is C9H4F5NS. The van der Waals surface area contributed by atoms with Gasteiger partial charge in [-0.05, 0) is 36.0 Å². The van der Waals surface area contributed by atoms with Gasteiger partial charge >= 0.3 is 11.4 Å². The van der Waals surface area contributed by atoms with Crippen LogP contribution in [0.15, 0.2) is 29.2 Å². The van der Waals surface area contributed by atoms with Crippen molar-refractivity contribution in [2.75, 3.05) is 0 Å². The van der Waals surface area contributed by atoms with Crippen molar-refractivity contribution in [1.82, 2.24) is 0 Å². The van der Waals surface area contributed by atoms with Gasteiger partial charge in [0.2, 0.25) is 0 Å². The van der Waals surface area contributed by atoms with Crippen molar-refractivity contribution in [3.63, 3.8) is 0 Å². The third-order valence-corrected chi connectivity index (χ3v) is 2.56. The Bertz CT molecular complexity index is 403. The fraction of sp³-hybridized carbons (Fsp3) is 0.222. The number of hydrogen-bond donors (Lipinski definition) is 0. The minimum atomic E-state index is -5.59. The van der Waals surface area contributed by atoms with Gasteiger partial charge in [0.05, 0.1) is 11.6 Å². The molecule has 0 atom stereocenters. The molecule has 1 aromatic carbocycles. The molecule has 0 unspecified atom stereocenters. The van der Waals surface area contributed by atoms with E-state index in [0.29, 0.717) is 0 Å². The van der Waals surface area contributed by atoms with E-state index in [-0.39, 0.29) is 10.5 Å². The summed E-state index contributed by atoms with van der Waals surface area (Å²) in [5, 5.41) is 3.57. The predicted octanol–water partition coefficient (Wildman–Crippen LogP) is 3.81. The number of nitrogens with zero attached hydrogens (tertiary/aromatic N) is 1. The molecule has 0 saturated heterocycles. The summed E-state index contributed by atoms with van der Waals surface area (Å²) in [6.07, 6.45) is -5.59. The highest BCUT2D eigenvalue weighted by Gasteiger charge is 2.58. The van der Waals surface area contributed by atoms with Crippen LogP contribution in [-0.4, -0.2) is 11.4 Å². The Morgan fingerprint density at radius 2 is 1.50 bits per heavy atom. The third-order valence-electron chi connectivity index (χ3n) is 1.56. The lowest BCUT2D eigenvalue weighted by Gasteiger charge is -2.18. The van der Waals surface area contributed by atoms with Gasteiger partial charge in [0.1, 0.15) is 0 Å². The highest BCUT2D eigenvalue weighted by Crippen LogP contribution is 2.47. The zero-order valence-corrected chi connectivity index (χ0v) is 8.37. The molecule has 0 heterocycles. The highest BCUT2D eigenvalue weighted by atomic mass is 32.2. The SMILES string of the molecule is N#Cc1ccc(SC(F)(F)C(F)(F)F)cc1. The summed E-state index contributed by atoms with van der Waals surface area (Å²) in [6, 6.07) is 6.17. The molecule has 7 heteroatoms. The molecule has 0 bridgehead atoms. The lowest BCUT2D eigenvalue weighted by molar-refractivity contribution is -0.237. The molecule has 0 radical (unpaired) electrons. The van der Waals surface area contributed by atoms with E-state index < -0.39 is 23.2 Å². The number of benzene rings is 1. The second kappa shape index (κ2) is 4.29. The minimum absolute atomic E-state index is 0.194. The first-order chi connectivity index (χ1) is 7.26. The maximum atomic E-state index is 12.6. The van der Waals surface area contributed by atoms with Gasteiger partial charge in [-0.25, -0.2) is 0 Å². The minimum Gasteiger partial charge on any atom is -0.192 e. The van der Waals surface area contributed by atoms with Crippen LogP contribution in [0.4, 0.5) is 22.0 Å². The van der Waals surface area contributed by atoms with E-state index in [1.807, 2.05) is 0 Å². The number of halogens is 5. The molecule has 1 rings (SSSR count). The highest BCUT2D eigenvalue weighted by molar-refractivity contribution is 8.00. The predicted molar refractivity (Wildman–Crippen MR) is 48.0 cm³/mol. The molecule has 86 valence electrons. The molecule has 1 aromatic rings. The Morgan fingerprint density at radius 3 is 1.88 bits per heavy atom. The van der Waals surface area contributed by atoms with Crippen molar-refractivity contribution in [3.05, 3.63) is 29.8 Å². The van der Waals surface area contributed by atoms with Crippen LogP contribution in [-0.2, 0) is 0 Å². The molecule has 0 aliphatic carbocycles. The molecule has 0 amide bonds. The van der Waals surface area contributed by atoms with Crippen molar-refractivity contribution in [2.24, 2.45) is 0 Å². The van der Waals surface area contributed by atoms with Crippen LogP contribution < -0.4 is 0 Å². The number of nitriles is 1. The quantitative estimate of drug-likeness (QED) is 0.591. The number of rotatable bonds is 2. The fourth-order valence-electron chi connectivity index (χ4n) is 0.803. The van der Waals surface area contributed by atoms with Gasteiger partial charge in [-0.2, -0.15) is 27.2 Å². The van der Waals surface area contributed by atoms with Crippen LogP contribution in [0.2, 0.25) is 0 Å². The van der Waals surface area contributed by atoms with Gasteiger partial charge in [0.15, 0.2) is 0 Å². The summed E-state index contributed by atoms with van der Waals surface area (Å²) in [5.74, 6) is 0. The largest absolute Gasteiger partial charge is 0.464 e. The average molecular weight is 253 g/mol. The molecule has 0 N–H and O–H groups in total. The number of hydrogen-bond acceptors (Lipinski definition) is 2. The van der Waals surface area contributed by atoms with E-state index in [0.717, 1.165) is 12.1 Å². The van der Waals surface area contributed by atoms with E-state index in [4.69, 9.17) is 5.26 Å². The van der Waals surface area contributed by atoms with E-state index in [1.165, 1.54) is 12.1 Å². The smallest absolute Gasteiger partial charge is 0.192 e. The molecule has 0 aliphatic heterocycles. The number of thioether (sulfide) groups is 1. The molecule has 0 spiro atoms. The Kier molecular flexibility index (Phi) is 3.43. The van der Waals surface area contributed by atoms with E-state index in [2.05, 4.69) is 0 Å². The maximum absolute atomic E-state index is 12.6. The Hall–Kier alpha value is -1.29. The molecule has 0 fully saturated rings. The summed E-state index contributed by atoms with van der Waals surface area (Å²) in [4.78, 5) is -0.249. The fourth-order valence-corrected chi connectivity index (χ4v) is 1.49. The lowest BCUT2D eigenvalue weighted by atomic mass is 10.2. The molecule has 0 aliphatic rings. The Labute approximate surface area is 91.9 Å². The first-order valence-electron chi connectivity index (χ1n) is 3.90. The topological polar surface area (TPSA) is 23.8 Å². The summed E-state index contributed by atoms with van der Waals surface area (Å²) in [5.41, 5.74) is 0.194. The summed E-state index contributed by atoms with van der Waals surface area (Å²) >= 11 is -0.596. The first-order valence-corrected chi connectivity index (χ1v) is 4.71. The van der Waals surface area contributed by atoms with Crippen LogP contribution in [0.25, 0.3) is 0 Å². The van der Waals surface area contributed by atoms with Crippen molar-refractivity contribution >= 4 is 11.8 Å². The summed E-state index contributed by atoms with van der Waals surface area (Å²) in [7, 11) is 0. The zero-order chi connectivity index (χ0) is 12.4. The zero-order valence-electron chi connectivity index (χ0n) is 7.55. The van der Waals surface area contributed by atoms with Crippen molar-refractivity contribution < 1.29 is 22.0 Å². The van der Waals surface area contributed by atoms with Gasteiger partial charge in [0, 0.05) is 4.90 Å². The normalized spacial score (nSPS) is 12.2. The monoisotopic (exact) mass is 253 g/mol. The third kappa shape index (κ3) is 2.85. The van der Waals surface area contributed by atoms with Gasteiger partial charge in [-0.1, -0.05) is 0 Å². The molecule has 16 heavy (non-hydrogen) atoms. The second-order valence-corrected chi connectivity index (χ2v) is 3.94. The van der Waals surface area contributed by atoms with Gasteiger partial charge in [0.25, 0.3) is 0 Å². The molecule has 0 saturated carbocycles. The van der Waals surface area contributed by atoms with Gasteiger partial charge in [-0.3, -0.25) is 0 Å². The Morgan fingerprint density at radius 1 is 1.00 bits per heavy atom. The average Bonchev–Trinajstić information content (AvgIpc) is 2.16. The van der Waals surface area contributed by atoms with Crippen LogP contribution in [0.3, 0.4) is 0 Å². The summed E-state index contributed by atoms with van der Waals surface area (Å²) in [6.45, 7) is 0. The maximum Gasteiger partial charge on any atom is 0.464 e. The van der Waals surface area contributed by atoms with E-state index >= 15 is 0 Å². The molecule has 0 aromatic heterocycles. The van der Waals surface area contributed by atoms with Crippen molar-refractivity contribution in [3.8, 4) is 6.07 Å². The van der Waals surface area contributed by atoms with Crippen LogP contribution in [0.5, 0.6) is 0 Å². The van der Waals surface area contributed by atoms with Crippen LogP contribution in [0, 0.1) is 11.3 Å². The first kappa shape index (κ1) is 12.8. The molecular weight excluding hydrogens is 249 g/mol. The second-order valence-electron chi connectivity index (χ2n) is 2.75. The molecule has 1 nitrogen and oxygen atoms in total. The van der Waals surface area contributed by atoms with Crippen LogP contribution >= 0.6 is 11.8 Å². The van der Waals surface area contributed by atoms with Gasteiger partial charge in [-0.15, -0.1) is 0 Å². The van der Waals surface area contributed by atoms with Gasteiger partial charge < -0.3 is 0 Å². The van der Waals surface area contributed by atoms with Crippen molar-refractivity contribution in [2.45, 2.75) is 16.3 Å². The number of alkyl halides is 5. The standard InChI is InChI=1S/C9H4F5NS/c10-8(11,12)9(13,14)16-7-3-1-6(5-15)2-4-7/h1-4H. The lowest BCUT2D eigenvalue weighted by Crippen LogP contribution is -2.32.